The number of nitrogens with zero attached hydrogens (tertiary/aromatic N) is 4. The largest absolute Gasteiger partial charge is 0.325 e. The van der Waals surface area contributed by atoms with Crippen LogP contribution in [0.3, 0.4) is 0 Å². The van der Waals surface area contributed by atoms with Crippen LogP contribution in [0.15, 0.2) is 6.20 Å². The average Bonchev–Trinajstić information content (AvgIpc) is 3.01. The Morgan fingerprint density at radius 1 is 1.53 bits per heavy atom. The Hall–Kier alpha value is -0.940. The molecule has 0 spiro atoms. The van der Waals surface area contributed by atoms with Gasteiger partial charge in [0.15, 0.2) is 0 Å². The van der Waals surface area contributed by atoms with Gasteiger partial charge in [-0.3, -0.25) is 9.58 Å². The Morgan fingerprint density at radius 3 is 2.82 bits per heavy atom. The quantitative estimate of drug-likeness (QED) is 0.764. The van der Waals surface area contributed by atoms with Gasteiger partial charge in [0.2, 0.25) is 0 Å². The van der Waals surface area contributed by atoms with Gasteiger partial charge in [-0.25, -0.2) is 0 Å². The van der Waals surface area contributed by atoms with Crippen LogP contribution in [0.25, 0.3) is 0 Å². The third-order valence-corrected chi connectivity index (χ3v) is 3.33. The Kier molecular flexibility index (Phi) is 4.12. The van der Waals surface area contributed by atoms with E-state index in [1.807, 2.05) is 10.9 Å². The van der Waals surface area contributed by atoms with E-state index in [0.717, 1.165) is 24.7 Å². The number of hydrogen-bond acceptors (Lipinski definition) is 4. The predicted octanol–water partition coefficient (Wildman–Crippen LogP) is 0.857. The molecule has 0 bridgehead atoms. The summed E-state index contributed by atoms with van der Waals surface area (Å²) in [6.45, 7) is 8.16. The van der Waals surface area contributed by atoms with Crippen LogP contribution in [0, 0.1) is 5.92 Å². The summed E-state index contributed by atoms with van der Waals surface area (Å²) in [6.07, 6.45) is 4.75. The Bertz CT molecular complexity index is 342. The minimum atomic E-state index is 0.468. The minimum Gasteiger partial charge on any atom is -0.325 e. The van der Waals surface area contributed by atoms with Gasteiger partial charge >= 0.3 is 0 Å². The maximum absolute atomic E-state index is 5.52. The summed E-state index contributed by atoms with van der Waals surface area (Å²) in [5.41, 5.74) is 6.38. The molecule has 0 unspecified atom stereocenters. The molecule has 1 aliphatic carbocycles. The molecule has 5 nitrogen and oxygen atoms in total. The van der Waals surface area contributed by atoms with Crippen LogP contribution in [0.4, 0.5) is 0 Å². The SMILES string of the molecule is CC(C)N(CCn1cc(CN)nn1)CC1CC1. The van der Waals surface area contributed by atoms with Gasteiger partial charge in [0.05, 0.1) is 12.2 Å². The molecule has 1 aliphatic rings. The van der Waals surface area contributed by atoms with Crippen molar-refractivity contribution in [3.63, 3.8) is 0 Å². The molecule has 17 heavy (non-hydrogen) atoms. The number of aromatic nitrogens is 3. The molecule has 5 heteroatoms. The van der Waals surface area contributed by atoms with Crippen LogP contribution in [0.2, 0.25) is 0 Å². The van der Waals surface area contributed by atoms with Crippen molar-refractivity contribution in [3.05, 3.63) is 11.9 Å². The van der Waals surface area contributed by atoms with Gasteiger partial charge in [0.1, 0.15) is 0 Å². The lowest BCUT2D eigenvalue weighted by Crippen LogP contribution is -2.35. The van der Waals surface area contributed by atoms with E-state index in [1.165, 1.54) is 19.4 Å². The van der Waals surface area contributed by atoms with Crippen molar-refractivity contribution in [2.24, 2.45) is 11.7 Å². The zero-order valence-electron chi connectivity index (χ0n) is 10.8. The number of nitrogens with two attached hydrogens (primary N) is 1. The lowest BCUT2D eigenvalue weighted by Gasteiger charge is -2.26. The van der Waals surface area contributed by atoms with Gasteiger partial charge in [-0.2, -0.15) is 0 Å². The number of hydrogen-bond donors (Lipinski definition) is 1. The molecule has 0 radical (unpaired) electrons. The molecule has 1 aromatic rings. The van der Waals surface area contributed by atoms with Crippen molar-refractivity contribution >= 4 is 0 Å². The second kappa shape index (κ2) is 5.60. The van der Waals surface area contributed by atoms with Gasteiger partial charge in [0, 0.05) is 31.9 Å². The molecule has 0 aliphatic heterocycles. The van der Waals surface area contributed by atoms with Crippen LogP contribution >= 0.6 is 0 Å². The topological polar surface area (TPSA) is 60.0 Å². The third kappa shape index (κ3) is 3.78. The highest BCUT2D eigenvalue weighted by Crippen LogP contribution is 2.30. The number of rotatable bonds is 7. The van der Waals surface area contributed by atoms with Crippen LogP contribution < -0.4 is 5.73 Å². The van der Waals surface area contributed by atoms with Crippen molar-refractivity contribution in [3.8, 4) is 0 Å². The monoisotopic (exact) mass is 237 g/mol. The first-order valence-electron chi connectivity index (χ1n) is 6.52. The fraction of sp³-hybridized carbons (Fsp3) is 0.833. The first-order chi connectivity index (χ1) is 8.19. The minimum absolute atomic E-state index is 0.468. The van der Waals surface area contributed by atoms with E-state index >= 15 is 0 Å². The van der Waals surface area contributed by atoms with E-state index < -0.39 is 0 Å². The summed E-state index contributed by atoms with van der Waals surface area (Å²) < 4.78 is 1.89. The molecule has 2 rings (SSSR count). The zero-order chi connectivity index (χ0) is 12.3. The lowest BCUT2D eigenvalue weighted by atomic mass is 10.2. The summed E-state index contributed by atoms with van der Waals surface area (Å²) >= 11 is 0. The highest BCUT2D eigenvalue weighted by Gasteiger charge is 2.25. The first kappa shape index (κ1) is 12.5. The van der Waals surface area contributed by atoms with E-state index in [0.29, 0.717) is 12.6 Å². The van der Waals surface area contributed by atoms with Gasteiger partial charge in [0.25, 0.3) is 0 Å². The molecule has 0 amide bonds. The van der Waals surface area contributed by atoms with Gasteiger partial charge < -0.3 is 5.73 Å². The van der Waals surface area contributed by atoms with E-state index in [1.54, 1.807) is 0 Å². The third-order valence-electron chi connectivity index (χ3n) is 3.33. The fourth-order valence-electron chi connectivity index (χ4n) is 1.96. The maximum atomic E-state index is 5.52. The Balaban J connectivity index is 1.81. The average molecular weight is 237 g/mol. The zero-order valence-corrected chi connectivity index (χ0v) is 10.8. The smallest absolute Gasteiger partial charge is 0.0962 e. The summed E-state index contributed by atoms with van der Waals surface area (Å²) in [4.78, 5) is 2.53. The van der Waals surface area contributed by atoms with Gasteiger partial charge in [-0.1, -0.05) is 5.21 Å². The Labute approximate surface area is 103 Å². The molecule has 1 fully saturated rings. The molecule has 0 aromatic carbocycles. The summed E-state index contributed by atoms with van der Waals surface area (Å²) in [6, 6.07) is 0.605. The van der Waals surface area contributed by atoms with Crippen molar-refractivity contribution in [2.75, 3.05) is 13.1 Å². The van der Waals surface area contributed by atoms with E-state index in [-0.39, 0.29) is 0 Å². The molecule has 1 heterocycles. The molecule has 0 saturated heterocycles. The van der Waals surface area contributed by atoms with E-state index in [9.17, 15) is 0 Å². The van der Waals surface area contributed by atoms with Crippen LogP contribution in [-0.2, 0) is 13.1 Å². The first-order valence-corrected chi connectivity index (χ1v) is 6.52. The molecular weight excluding hydrogens is 214 g/mol. The molecule has 1 aromatic heterocycles. The van der Waals surface area contributed by atoms with Crippen LogP contribution in [-0.4, -0.2) is 39.0 Å². The van der Waals surface area contributed by atoms with Crippen LogP contribution in [0.5, 0.6) is 0 Å². The molecular formula is C12H23N5. The Morgan fingerprint density at radius 2 is 2.29 bits per heavy atom. The van der Waals surface area contributed by atoms with Crippen molar-refractivity contribution in [1.82, 2.24) is 19.9 Å². The van der Waals surface area contributed by atoms with Crippen molar-refractivity contribution in [1.29, 1.82) is 0 Å². The van der Waals surface area contributed by atoms with Gasteiger partial charge in [-0.05, 0) is 32.6 Å². The second-order valence-electron chi connectivity index (χ2n) is 5.21. The highest BCUT2D eigenvalue weighted by molar-refractivity contribution is 4.90. The summed E-state index contributed by atoms with van der Waals surface area (Å²) in [5.74, 6) is 0.938. The van der Waals surface area contributed by atoms with Crippen molar-refractivity contribution < 1.29 is 0 Å². The van der Waals surface area contributed by atoms with Crippen molar-refractivity contribution in [2.45, 2.75) is 45.8 Å². The standard InChI is InChI=1S/C12H23N5/c1-10(2)16(8-11-3-4-11)5-6-17-9-12(7-13)14-15-17/h9-11H,3-8,13H2,1-2H3. The van der Waals surface area contributed by atoms with Gasteiger partial charge in [-0.15, -0.1) is 5.10 Å². The molecule has 0 atom stereocenters. The normalized spacial score (nSPS) is 16.1. The summed E-state index contributed by atoms with van der Waals surface area (Å²) in [5, 5.41) is 8.07. The maximum Gasteiger partial charge on any atom is 0.0962 e. The molecule has 2 N–H and O–H groups in total. The molecule has 1 saturated carbocycles. The van der Waals surface area contributed by atoms with Crippen LogP contribution in [0.1, 0.15) is 32.4 Å². The van der Waals surface area contributed by atoms with E-state index in [4.69, 9.17) is 5.73 Å². The second-order valence-corrected chi connectivity index (χ2v) is 5.21. The van der Waals surface area contributed by atoms with E-state index in [2.05, 4.69) is 29.1 Å². The predicted molar refractivity (Wildman–Crippen MR) is 67.3 cm³/mol. The highest BCUT2D eigenvalue weighted by atomic mass is 15.4. The summed E-state index contributed by atoms with van der Waals surface area (Å²) in [7, 11) is 0. The molecule has 96 valence electrons. The fourth-order valence-corrected chi connectivity index (χ4v) is 1.96. The lowest BCUT2D eigenvalue weighted by molar-refractivity contribution is 0.201.